The molecule has 2 aromatic rings. The van der Waals surface area contributed by atoms with Crippen LogP contribution in [0.4, 0.5) is 11.8 Å². The lowest BCUT2D eigenvalue weighted by atomic mass is 9.87. The maximum Gasteiger partial charge on any atom is 0.247 e. The number of sulfone groups is 2. The summed E-state index contributed by atoms with van der Waals surface area (Å²) >= 11 is 0. The van der Waals surface area contributed by atoms with E-state index in [2.05, 4.69) is 20.9 Å². The summed E-state index contributed by atoms with van der Waals surface area (Å²) in [7, 11) is -7.05. The van der Waals surface area contributed by atoms with Crippen LogP contribution in [0.5, 0.6) is 0 Å². The van der Waals surface area contributed by atoms with E-state index >= 15 is 0 Å². The van der Waals surface area contributed by atoms with Gasteiger partial charge in [0.05, 0.1) is 22.9 Å². The van der Waals surface area contributed by atoms with Gasteiger partial charge in [-0.2, -0.15) is 0 Å². The molecule has 2 fully saturated rings. The van der Waals surface area contributed by atoms with Crippen molar-refractivity contribution in [1.82, 2.24) is 10.3 Å². The van der Waals surface area contributed by atoms with Gasteiger partial charge in [0.2, 0.25) is 23.6 Å². The molecule has 0 saturated heterocycles. The van der Waals surface area contributed by atoms with Gasteiger partial charge in [0.1, 0.15) is 9.49 Å². The maximum absolute atomic E-state index is 12.5. The first kappa shape index (κ1) is 36.7. The molecule has 2 aromatic heterocycles. The molecule has 2 N–H and O–H groups in total. The number of rotatable bonds is 10. The molecule has 14 heteroatoms. The van der Waals surface area contributed by atoms with Gasteiger partial charge in [-0.25, -0.2) is 16.8 Å². The second kappa shape index (κ2) is 12.8. The van der Waals surface area contributed by atoms with E-state index in [1.54, 1.807) is 12.1 Å². The largest absolute Gasteiger partial charge is 0.338 e. The van der Waals surface area contributed by atoms with Gasteiger partial charge in [-0.15, -0.1) is 0 Å². The predicted octanol–water partition coefficient (Wildman–Crippen LogP) is 5.42. The molecule has 0 unspecified atom stereocenters. The molecule has 0 spiro atoms. The maximum atomic E-state index is 12.5. The third kappa shape index (κ3) is 8.96. The van der Waals surface area contributed by atoms with Gasteiger partial charge in [0, 0.05) is 23.0 Å². The standard InChI is InChI=1S/C16H26N2O4S.C15H24N2O4S/c1-15(2,3)12-9-13(22-18-12)17-14(19)16(4,5)23(20,21)10-11-7-6-8-11;1-14(2,3)11-8-12(21-17-11)16-13(18)15(4,5)22(19,20)9-10-6-7-10/h9,11H,6-8,10H2,1-5H3,(H,17,19);8,10H,6-7,9H2,1-5H3,(H,16,18). The Morgan fingerprint density at radius 2 is 1.00 bits per heavy atom. The first-order valence-electron chi connectivity index (χ1n) is 15.4. The Morgan fingerprint density at radius 1 is 0.667 bits per heavy atom. The van der Waals surface area contributed by atoms with Crippen LogP contribution in [0, 0.1) is 11.8 Å². The van der Waals surface area contributed by atoms with Crippen molar-refractivity contribution in [3.63, 3.8) is 0 Å². The van der Waals surface area contributed by atoms with E-state index in [4.69, 9.17) is 9.05 Å². The van der Waals surface area contributed by atoms with Crippen molar-refractivity contribution in [1.29, 1.82) is 0 Å². The Bertz CT molecular complexity index is 1580. The number of hydrogen-bond donors (Lipinski definition) is 2. The summed E-state index contributed by atoms with van der Waals surface area (Å²) in [6, 6.07) is 3.26. The van der Waals surface area contributed by atoms with E-state index < -0.39 is 41.0 Å². The van der Waals surface area contributed by atoms with Crippen LogP contribution in [0.15, 0.2) is 21.2 Å². The van der Waals surface area contributed by atoms with Crippen molar-refractivity contribution >= 4 is 43.3 Å². The number of aromatic nitrogens is 2. The van der Waals surface area contributed by atoms with Crippen LogP contribution in [0.25, 0.3) is 0 Å². The van der Waals surface area contributed by atoms with Crippen LogP contribution in [-0.4, -0.2) is 60.0 Å². The van der Waals surface area contributed by atoms with Crippen LogP contribution in [-0.2, 0) is 40.1 Å². The monoisotopic (exact) mass is 670 g/mol. The topological polar surface area (TPSA) is 179 Å². The lowest BCUT2D eigenvalue weighted by molar-refractivity contribution is -0.118. The molecule has 4 rings (SSSR count). The summed E-state index contributed by atoms with van der Waals surface area (Å²) in [5.41, 5.74) is 0.975. The van der Waals surface area contributed by atoms with Crippen molar-refractivity contribution in [3.05, 3.63) is 23.5 Å². The fourth-order valence-corrected chi connectivity index (χ4v) is 7.57. The summed E-state index contributed by atoms with van der Waals surface area (Å²) in [6.07, 6.45) is 4.77. The molecule has 0 aromatic carbocycles. The number of hydrogen-bond acceptors (Lipinski definition) is 10. The van der Waals surface area contributed by atoms with E-state index in [9.17, 15) is 26.4 Å². The Labute approximate surface area is 267 Å². The molecular weight excluding hydrogens is 620 g/mol. The zero-order valence-corrected chi connectivity index (χ0v) is 29.9. The molecule has 0 radical (unpaired) electrons. The molecule has 0 bridgehead atoms. The summed E-state index contributed by atoms with van der Waals surface area (Å²) < 4.78 is 57.1. The summed E-state index contributed by atoms with van der Waals surface area (Å²) in [5.74, 6) is -0.317. The van der Waals surface area contributed by atoms with Gasteiger partial charge < -0.3 is 9.05 Å². The summed E-state index contributed by atoms with van der Waals surface area (Å²) in [4.78, 5) is 24.8. The molecule has 2 aliphatic rings. The average molecular weight is 671 g/mol. The van der Waals surface area contributed by atoms with Crippen LogP contribution in [0.3, 0.4) is 0 Å². The highest BCUT2D eigenvalue weighted by Crippen LogP contribution is 2.35. The molecule has 45 heavy (non-hydrogen) atoms. The van der Waals surface area contributed by atoms with Gasteiger partial charge >= 0.3 is 0 Å². The Kier molecular flexibility index (Phi) is 10.5. The van der Waals surface area contributed by atoms with Crippen molar-refractivity contribution < 1.29 is 35.5 Å². The lowest BCUT2D eigenvalue weighted by Gasteiger charge is -2.30. The third-order valence-corrected chi connectivity index (χ3v) is 13.8. The fourth-order valence-electron chi connectivity index (χ4n) is 4.16. The molecule has 0 atom stereocenters. The van der Waals surface area contributed by atoms with Gasteiger partial charge in [-0.1, -0.05) is 58.3 Å². The van der Waals surface area contributed by atoms with Crippen molar-refractivity contribution in [2.45, 2.75) is 122 Å². The number of anilines is 2. The molecule has 2 amide bonds. The molecule has 2 aliphatic carbocycles. The minimum Gasteiger partial charge on any atom is -0.338 e. The minimum absolute atomic E-state index is 0.0665. The van der Waals surface area contributed by atoms with Crippen molar-refractivity contribution in [2.75, 3.05) is 22.1 Å². The third-order valence-electron chi connectivity index (χ3n) is 8.51. The van der Waals surface area contributed by atoms with Gasteiger partial charge in [-0.05, 0) is 65.2 Å². The van der Waals surface area contributed by atoms with E-state index in [-0.39, 0.29) is 45.9 Å². The average Bonchev–Trinajstić information content (AvgIpc) is 3.32. The normalized spacial score (nSPS) is 16.8. The molecule has 0 aliphatic heterocycles. The molecule has 254 valence electrons. The zero-order valence-electron chi connectivity index (χ0n) is 28.2. The van der Waals surface area contributed by atoms with Gasteiger partial charge in [-0.3, -0.25) is 20.2 Å². The second-order valence-electron chi connectivity index (χ2n) is 15.4. The highest BCUT2D eigenvalue weighted by Gasteiger charge is 2.45. The number of nitrogens with one attached hydrogen (secondary N) is 2. The Hall–Kier alpha value is -2.74. The highest BCUT2D eigenvalue weighted by atomic mass is 32.2. The minimum atomic E-state index is -3.53. The number of amides is 2. The van der Waals surface area contributed by atoms with Gasteiger partial charge in [0.15, 0.2) is 19.7 Å². The van der Waals surface area contributed by atoms with Crippen LogP contribution in [0.1, 0.15) is 113 Å². The molecule has 2 saturated carbocycles. The van der Waals surface area contributed by atoms with Crippen LogP contribution < -0.4 is 10.6 Å². The predicted molar refractivity (Wildman–Crippen MR) is 173 cm³/mol. The zero-order chi connectivity index (χ0) is 34.2. The first-order valence-corrected chi connectivity index (χ1v) is 18.7. The smallest absolute Gasteiger partial charge is 0.247 e. The van der Waals surface area contributed by atoms with Crippen LogP contribution >= 0.6 is 0 Å². The first-order chi connectivity index (χ1) is 20.4. The lowest BCUT2D eigenvalue weighted by Crippen LogP contribution is -2.47. The summed E-state index contributed by atoms with van der Waals surface area (Å²) in [6.45, 7) is 17.6. The van der Waals surface area contributed by atoms with Crippen LogP contribution in [0.2, 0.25) is 0 Å². The van der Waals surface area contributed by atoms with E-state index in [0.717, 1.165) is 32.1 Å². The van der Waals surface area contributed by atoms with Gasteiger partial charge in [0.25, 0.3) is 0 Å². The van der Waals surface area contributed by atoms with Crippen molar-refractivity contribution in [3.8, 4) is 0 Å². The quantitative estimate of drug-likeness (QED) is 0.332. The van der Waals surface area contributed by atoms with E-state index in [1.165, 1.54) is 27.7 Å². The second-order valence-corrected chi connectivity index (χ2v) is 20.6. The fraction of sp³-hybridized carbons (Fsp3) is 0.742. The number of carbonyl (C=O) groups is 2. The SMILES string of the molecule is CC(C)(C)c1cc(NC(=O)C(C)(C)S(=O)(=O)CC2CC2)on1.CC(C)(C)c1cc(NC(=O)C(C)(C)S(=O)(=O)CC2CCC2)on1. The molecule has 12 nitrogen and oxygen atoms in total. The number of nitrogens with zero attached hydrogens (tertiary/aromatic N) is 2. The Morgan fingerprint density at radius 3 is 1.24 bits per heavy atom. The Balaban J connectivity index is 0.000000246. The highest BCUT2D eigenvalue weighted by molar-refractivity contribution is 7.93. The van der Waals surface area contributed by atoms with E-state index in [0.29, 0.717) is 11.4 Å². The van der Waals surface area contributed by atoms with E-state index in [1.807, 2.05) is 41.5 Å². The summed E-state index contributed by atoms with van der Waals surface area (Å²) in [5, 5.41) is 12.9. The van der Waals surface area contributed by atoms with Crippen molar-refractivity contribution in [2.24, 2.45) is 11.8 Å². The number of carbonyl (C=O) groups excluding carboxylic acids is 2. The molecular formula is C31H50N4O8S2. The molecule has 2 heterocycles.